The second kappa shape index (κ2) is 3.32. The van der Waals surface area contributed by atoms with Crippen LogP contribution in [0.1, 0.15) is 6.92 Å². The van der Waals surface area contributed by atoms with E-state index >= 15 is 0 Å². The first-order valence-corrected chi connectivity index (χ1v) is 3.46. The molecule has 0 saturated carbocycles. The van der Waals surface area contributed by atoms with Crippen LogP contribution in [-0.2, 0) is 14.2 Å². The Bertz CT molecular complexity index is 105. The fourth-order valence-corrected chi connectivity index (χ4v) is 1.28. The second-order valence-electron chi connectivity index (χ2n) is 2.51. The summed E-state index contributed by atoms with van der Waals surface area (Å²) in [6.07, 6.45) is 0.375. The molecule has 1 aliphatic heterocycles. The lowest BCUT2D eigenvalue weighted by Crippen LogP contribution is -2.31. The van der Waals surface area contributed by atoms with Crippen LogP contribution in [0.15, 0.2) is 0 Å². The third-order valence-corrected chi connectivity index (χ3v) is 1.93. The lowest BCUT2D eigenvalue weighted by atomic mass is 10.2. The fraction of sp³-hybridized carbons (Fsp3) is 1.00. The minimum Gasteiger partial charge on any atom is -0.376 e. The molecule has 0 spiro atoms. The van der Waals surface area contributed by atoms with E-state index in [0.717, 1.165) is 0 Å². The Labute approximate surface area is 61.3 Å². The van der Waals surface area contributed by atoms with Crippen LogP contribution in [0.2, 0.25) is 0 Å². The molecule has 60 valence electrons. The Balaban J connectivity index is 2.45. The van der Waals surface area contributed by atoms with Crippen molar-refractivity contribution in [3.63, 3.8) is 0 Å². The first kappa shape index (κ1) is 7.98. The van der Waals surface area contributed by atoms with E-state index in [9.17, 15) is 0 Å². The van der Waals surface area contributed by atoms with Gasteiger partial charge in [0, 0.05) is 14.2 Å². The summed E-state index contributed by atoms with van der Waals surface area (Å²) in [5.41, 5.74) is 0. The lowest BCUT2D eigenvalue weighted by Gasteiger charge is -2.16. The summed E-state index contributed by atoms with van der Waals surface area (Å²) in [6, 6.07) is 0. The third-order valence-electron chi connectivity index (χ3n) is 1.93. The molecule has 0 aromatic carbocycles. The number of ether oxygens (including phenoxy) is 3. The van der Waals surface area contributed by atoms with Gasteiger partial charge in [-0.3, -0.25) is 0 Å². The lowest BCUT2D eigenvalue weighted by molar-refractivity contribution is -0.0201. The largest absolute Gasteiger partial charge is 0.376 e. The van der Waals surface area contributed by atoms with Gasteiger partial charge in [-0.1, -0.05) is 0 Å². The van der Waals surface area contributed by atoms with Gasteiger partial charge in [0.15, 0.2) is 0 Å². The zero-order valence-corrected chi connectivity index (χ0v) is 6.66. The Morgan fingerprint density at radius 3 is 2.40 bits per heavy atom. The number of hydrogen-bond acceptors (Lipinski definition) is 3. The van der Waals surface area contributed by atoms with Crippen LogP contribution in [0.5, 0.6) is 0 Å². The van der Waals surface area contributed by atoms with Gasteiger partial charge in [-0.15, -0.1) is 0 Å². The van der Waals surface area contributed by atoms with Crippen molar-refractivity contribution in [2.24, 2.45) is 0 Å². The van der Waals surface area contributed by atoms with Gasteiger partial charge in [0.1, 0.15) is 12.2 Å². The first-order valence-electron chi connectivity index (χ1n) is 3.46. The van der Waals surface area contributed by atoms with Crippen molar-refractivity contribution in [3.05, 3.63) is 0 Å². The summed E-state index contributed by atoms with van der Waals surface area (Å²) < 4.78 is 15.6. The molecule has 0 bridgehead atoms. The molecule has 10 heavy (non-hydrogen) atoms. The molecule has 1 heterocycles. The van der Waals surface area contributed by atoms with Crippen LogP contribution in [0, 0.1) is 0 Å². The summed E-state index contributed by atoms with van der Waals surface area (Å²) in [7, 11) is 3.36. The Morgan fingerprint density at radius 2 is 2.00 bits per heavy atom. The van der Waals surface area contributed by atoms with Crippen molar-refractivity contribution in [1.29, 1.82) is 0 Å². The molecule has 1 rings (SSSR count). The molecular weight excluding hydrogens is 132 g/mol. The highest BCUT2D eigenvalue weighted by atomic mass is 16.6. The van der Waals surface area contributed by atoms with E-state index in [1.165, 1.54) is 0 Å². The van der Waals surface area contributed by atoms with Gasteiger partial charge in [0.05, 0.1) is 12.7 Å². The minimum absolute atomic E-state index is 0.102. The van der Waals surface area contributed by atoms with Crippen molar-refractivity contribution in [2.45, 2.75) is 25.2 Å². The Hall–Kier alpha value is -0.120. The molecule has 1 fully saturated rings. The quantitative estimate of drug-likeness (QED) is 0.565. The van der Waals surface area contributed by atoms with E-state index in [1.54, 1.807) is 14.2 Å². The summed E-state index contributed by atoms with van der Waals surface area (Å²) >= 11 is 0. The topological polar surface area (TPSA) is 27.7 Å². The van der Waals surface area contributed by atoms with Crippen LogP contribution in [0.3, 0.4) is 0 Å². The van der Waals surface area contributed by atoms with Crippen LogP contribution < -0.4 is 0 Å². The maximum atomic E-state index is 5.31. The molecule has 3 atom stereocenters. The molecule has 3 nitrogen and oxygen atoms in total. The SMILES string of the molecule is COC1CO[C@@H](C)[C@H]1OC. The summed E-state index contributed by atoms with van der Waals surface area (Å²) in [5.74, 6) is 0. The first-order chi connectivity index (χ1) is 4.79. The molecule has 1 saturated heterocycles. The molecule has 0 amide bonds. The third kappa shape index (κ3) is 1.31. The smallest absolute Gasteiger partial charge is 0.111 e. The minimum atomic E-state index is 0.102. The van der Waals surface area contributed by atoms with Crippen LogP contribution >= 0.6 is 0 Å². The molecule has 1 unspecified atom stereocenters. The van der Waals surface area contributed by atoms with Gasteiger partial charge >= 0.3 is 0 Å². The van der Waals surface area contributed by atoms with Crippen LogP contribution in [-0.4, -0.2) is 39.1 Å². The van der Waals surface area contributed by atoms with E-state index in [4.69, 9.17) is 14.2 Å². The van der Waals surface area contributed by atoms with E-state index in [2.05, 4.69) is 0 Å². The highest BCUT2D eigenvalue weighted by Gasteiger charge is 2.34. The summed E-state index contributed by atoms with van der Waals surface area (Å²) in [5, 5.41) is 0. The average molecular weight is 146 g/mol. The van der Waals surface area contributed by atoms with E-state index < -0.39 is 0 Å². The van der Waals surface area contributed by atoms with Crippen molar-refractivity contribution in [2.75, 3.05) is 20.8 Å². The predicted octanol–water partition coefficient (Wildman–Crippen LogP) is 0.435. The Morgan fingerprint density at radius 1 is 1.30 bits per heavy atom. The highest BCUT2D eigenvalue weighted by Crippen LogP contribution is 2.18. The zero-order chi connectivity index (χ0) is 7.56. The van der Waals surface area contributed by atoms with Crippen LogP contribution in [0.25, 0.3) is 0 Å². The normalized spacial score (nSPS) is 40.5. The predicted molar refractivity (Wildman–Crippen MR) is 37.0 cm³/mol. The monoisotopic (exact) mass is 146 g/mol. The molecule has 0 N–H and O–H groups in total. The zero-order valence-electron chi connectivity index (χ0n) is 6.66. The van der Waals surface area contributed by atoms with Gasteiger partial charge in [-0.05, 0) is 6.92 Å². The number of methoxy groups -OCH3 is 2. The van der Waals surface area contributed by atoms with Gasteiger partial charge < -0.3 is 14.2 Å². The van der Waals surface area contributed by atoms with Crippen molar-refractivity contribution < 1.29 is 14.2 Å². The molecule has 0 aromatic rings. The number of hydrogen-bond donors (Lipinski definition) is 0. The molecular formula is C7H14O3. The fourth-order valence-electron chi connectivity index (χ4n) is 1.28. The molecule has 0 radical (unpaired) electrons. The van der Waals surface area contributed by atoms with Crippen molar-refractivity contribution in [1.82, 2.24) is 0 Å². The summed E-state index contributed by atoms with van der Waals surface area (Å²) in [4.78, 5) is 0. The highest BCUT2D eigenvalue weighted by molar-refractivity contribution is 4.82. The van der Waals surface area contributed by atoms with Crippen LogP contribution in [0.4, 0.5) is 0 Å². The van der Waals surface area contributed by atoms with Gasteiger partial charge in [0.25, 0.3) is 0 Å². The van der Waals surface area contributed by atoms with Gasteiger partial charge in [0.2, 0.25) is 0 Å². The molecule has 0 aliphatic carbocycles. The maximum absolute atomic E-state index is 5.31. The van der Waals surface area contributed by atoms with Gasteiger partial charge in [-0.25, -0.2) is 0 Å². The van der Waals surface area contributed by atoms with E-state index in [1.807, 2.05) is 6.92 Å². The molecule has 3 heteroatoms. The molecule has 1 aliphatic rings. The van der Waals surface area contributed by atoms with Gasteiger partial charge in [-0.2, -0.15) is 0 Å². The average Bonchev–Trinajstić information content (AvgIpc) is 2.30. The maximum Gasteiger partial charge on any atom is 0.111 e. The van der Waals surface area contributed by atoms with E-state index in [-0.39, 0.29) is 18.3 Å². The van der Waals surface area contributed by atoms with Crippen molar-refractivity contribution >= 4 is 0 Å². The summed E-state index contributed by atoms with van der Waals surface area (Å²) in [6.45, 7) is 2.64. The number of rotatable bonds is 2. The Kier molecular flexibility index (Phi) is 2.65. The van der Waals surface area contributed by atoms with Crippen molar-refractivity contribution in [3.8, 4) is 0 Å². The van der Waals surface area contributed by atoms with E-state index in [0.29, 0.717) is 6.61 Å². The standard InChI is InChI=1S/C7H14O3/c1-5-7(9-3)6(8-2)4-10-5/h5-7H,4H2,1-3H3/t5-,6?,7+/m0/s1. The second-order valence-corrected chi connectivity index (χ2v) is 2.51. The molecule has 0 aromatic heterocycles.